The van der Waals surface area contributed by atoms with Crippen LogP contribution in [-0.2, 0) is 4.79 Å². The van der Waals surface area contributed by atoms with Gasteiger partial charge in [0.2, 0.25) is 0 Å². The summed E-state index contributed by atoms with van der Waals surface area (Å²) >= 11 is 0. The Balaban J connectivity index is 2.09. The van der Waals surface area contributed by atoms with Gasteiger partial charge in [0.25, 0.3) is 0 Å². The Hall–Kier alpha value is -3.34. The van der Waals surface area contributed by atoms with Crippen LogP contribution >= 0.6 is 0 Å². The first-order valence-corrected chi connectivity index (χ1v) is 6.93. The third kappa shape index (κ3) is 4.33. The molecule has 122 valence electrons. The first-order chi connectivity index (χ1) is 11.4. The summed E-state index contributed by atoms with van der Waals surface area (Å²) < 4.78 is 18.5. The number of allylic oxidation sites excluding steroid dienone is 1. The van der Waals surface area contributed by atoms with Gasteiger partial charge in [-0.1, -0.05) is 31.4 Å². The molecule has 0 aliphatic rings. The van der Waals surface area contributed by atoms with E-state index >= 15 is 0 Å². The van der Waals surface area contributed by atoms with Crippen LogP contribution in [0.1, 0.15) is 0 Å². The first kappa shape index (κ1) is 17.0. The van der Waals surface area contributed by atoms with Gasteiger partial charge in [0.15, 0.2) is 11.6 Å². The smallest absolute Gasteiger partial charge is 0.342 e. The van der Waals surface area contributed by atoms with Gasteiger partial charge in [0, 0.05) is 0 Å². The molecule has 0 aromatic heterocycles. The summed E-state index contributed by atoms with van der Waals surface area (Å²) in [7, 11) is 0. The summed E-state index contributed by atoms with van der Waals surface area (Å²) in [6, 6.07) is 10.5. The zero-order chi connectivity index (χ0) is 17.7. The Morgan fingerprint density at radius 1 is 1.04 bits per heavy atom. The monoisotopic (exact) mass is 326 g/mol. The molecule has 2 aromatic rings. The summed E-state index contributed by atoms with van der Waals surface area (Å²) in [5.74, 6) is -1.70. The molecule has 0 heterocycles. The lowest BCUT2D eigenvalue weighted by molar-refractivity contribution is -0.129. The third-order valence-corrected chi connectivity index (χ3v) is 3.08. The lowest BCUT2D eigenvalue weighted by Crippen LogP contribution is -2.08. The van der Waals surface area contributed by atoms with Gasteiger partial charge in [-0.05, 0) is 47.5 Å². The molecule has 0 fully saturated rings. The van der Waals surface area contributed by atoms with Crippen molar-refractivity contribution in [3.8, 4) is 22.6 Å². The van der Waals surface area contributed by atoms with E-state index in [1.54, 1.807) is 30.3 Å². The number of carbonyl (C=O) groups is 1. The van der Waals surface area contributed by atoms with Gasteiger partial charge >= 0.3 is 5.97 Å². The van der Waals surface area contributed by atoms with Crippen LogP contribution in [0.4, 0.5) is 4.39 Å². The number of hydrogen-bond donors (Lipinski definition) is 2. The van der Waals surface area contributed by atoms with Gasteiger partial charge < -0.3 is 14.9 Å². The van der Waals surface area contributed by atoms with Crippen LogP contribution in [0.3, 0.4) is 0 Å². The van der Waals surface area contributed by atoms with Gasteiger partial charge in [-0.2, -0.15) is 0 Å². The predicted molar refractivity (Wildman–Crippen MR) is 89.2 cm³/mol. The standard InChI is InChI=1S/C19H15FO4/c1-12(3-4-13(2)21)19(23)24-16-8-5-14(6-9-16)15-7-10-18(22)17(20)11-15/h3-11,21-22H,1-2H2/b4-3-. The molecular formula is C19H15FO4. The van der Waals surface area contributed by atoms with Gasteiger partial charge in [-0.15, -0.1) is 0 Å². The van der Waals surface area contributed by atoms with E-state index in [1.165, 1.54) is 24.3 Å². The first-order valence-electron chi connectivity index (χ1n) is 6.93. The number of phenolic OH excluding ortho intramolecular Hbond substituents is 1. The van der Waals surface area contributed by atoms with Gasteiger partial charge in [0.05, 0.1) is 5.57 Å². The van der Waals surface area contributed by atoms with E-state index in [1.807, 2.05) is 0 Å². The molecule has 0 bridgehead atoms. The molecule has 0 aliphatic heterocycles. The van der Waals surface area contributed by atoms with Crippen molar-refractivity contribution in [3.05, 3.63) is 84.9 Å². The Morgan fingerprint density at radius 3 is 2.25 bits per heavy atom. The molecule has 0 radical (unpaired) electrons. The molecular weight excluding hydrogens is 311 g/mol. The molecule has 4 nitrogen and oxygen atoms in total. The second-order valence-corrected chi connectivity index (χ2v) is 4.93. The number of hydrogen-bond acceptors (Lipinski definition) is 4. The summed E-state index contributed by atoms with van der Waals surface area (Å²) in [5, 5.41) is 18.1. The van der Waals surface area contributed by atoms with Crippen molar-refractivity contribution in [1.29, 1.82) is 0 Å². The van der Waals surface area contributed by atoms with E-state index in [4.69, 9.17) is 9.84 Å². The largest absolute Gasteiger partial charge is 0.509 e. The fraction of sp³-hybridized carbons (Fsp3) is 0. The highest BCUT2D eigenvalue weighted by Crippen LogP contribution is 2.26. The summed E-state index contributed by atoms with van der Waals surface area (Å²) in [6.45, 7) is 6.78. The van der Waals surface area contributed by atoms with Crippen LogP contribution in [0, 0.1) is 5.82 Å². The van der Waals surface area contributed by atoms with Gasteiger partial charge in [0.1, 0.15) is 11.5 Å². The number of ether oxygens (including phenoxy) is 1. The molecule has 0 saturated heterocycles. The van der Waals surface area contributed by atoms with E-state index in [0.717, 1.165) is 0 Å². The van der Waals surface area contributed by atoms with Gasteiger partial charge in [-0.25, -0.2) is 9.18 Å². The highest BCUT2D eigenvalue weighted by Gasteiger charge is 2.08. The van der Waals surface area contributed by atoms with Gasteiger partial charge in [-0.3, -0.25) is 0 Å². The Kier molecular flexibility index (Phi) is 5.16. The average Bonchev–Trinajstić information content (AvgIpc) is 2.55. The number of aromatic hydroxyl groups is 1. The molecule has 0 spiro atoms. The summed E-state index contributed by atoms with van der Waals surface area (Å²) in [4.78, 5) is 11.8. The fourth-order valence-corrected chi connectivity index (χ4v) is 1.84. The maximum absolute atomic E-state index is 13.4. The second kappa shape index (κ2) is 7.28. The fourth-order valence-electron chi connectivity index (χ4n) is 1.84. The number of benzene rings is 2. The molecule has 0 atom stereocenters. The van der Waals surface area contributed by atoms with E-state index in [9.17, 15) is 14.3 Å². The van der Waals surface area contributed by atoms with Crippen LogP contribution in [0.2, 0.25) is 0 Å². The quantitative estimate of drug-likeness (QED) is 0.283. The highest BCUT2D eigenvalue weighted by molar-refractivity contribution is 5.92. The second-order valence-electron chi connectivity index (χ2n) is 4.93. The molecule has 0 amide bonds. The highest BCUT2D eigenvalue weighted by atomic mass is 19.1. The van der Waals surface area contributed by atoms with Crippen LogP contribution < -0.4 is 4.74 Å². The Bertz CT molecular complexity index is 820. The third-order valence-electron chi connectivity index (χ3n) is 3.08. The topological polar surface area (TPSA) is 66.8 Å². The molecule has 2 N–H and O–H groups in total. The summed E-state index contributed by atoms with van der Waals surface area (Å²) in [5.41, 5.74) is 1.33. The number of halogens is 1. The maximum atomic E-state index is 13.4. The number of aliphatic hydroxyl groups is 1. The lowest BCUT2D eigenvalue weighted by Gasteiger charge is -2.06. The van der Waals surface area contributed by atoms with E-state index in [0.29, 0.717) is 16.9 Å². The molecule has 2 aromatic carbocycles. The van der Waals surface area contributed by atoms with E-state index in [-0.39, 0.29) is 11.3 Å². The Labute approximate surface area is 138 Å². The molecule has 0 saturated carbocycles. The average molecular weight is 326 g/mol. The van der Waals surface area contributed by atoms with Crippen molar-refractivity contribution in [3.63, 3.8) is 0 Å². The molecule has 24 heavy (non-hydrogen) atoms. The minimum absolute atomic E-state index is 0.0508. The zero-order valence-corrected chi connectivity index (χ0v) is 12.7. The number of rotatable bonds is 5. The lowest BCUT2D eigenvalue weighted by atomic mass is 10.1. The number of phenols is 1. The summed E-state index contributed by atoms with van der Waals surface area (Å²) in [6.07, 6.45) is 2.52. The van der Waals surface area contributed by atoms with E-state index in [2.05, 4.69) is 13.2 Å². The zero-order valence-electron chi connectivity index (χ0n) is 12.7. The van der Waals surface area contributed by atoms with Crippen molar-refractivity contribution in [2.24, 2.45) is 0 Å². The molecule has 5 heteroatoms. The van der Waals surface area contributed by atoms with Crippen molar-refractivity contribution in [2.75, 3.05) is 0 Å². The van der Waals surface area contributed by atoms with Crippen LogP contribution in [0.5, 0.6) is 11.5 Å². The Morgan fingerprint density at radius 2 is 1.67 bits per heavy atom. The van der Waals surface area contributed by atoms with Crippen molar-refractivity contribution >= 4 is 5.97 Å². The maximum Gasteiger partial charge on any atom is 0.342 e. The SMILES string of the molecule is C=C(O)/C=C\C(=C)C(=O)Oc1ccc(-c2ccc(O)c(F)c2)cc1. The minimum atomic E-state index is -0.712. The number of carbonyl (C=O) groups excluding carboxylic acids is 1. The molecule has 0 aliphatic carbocycles. The normalized spacial score (nSPS) is 10.5. The van der Waals surface area contributed by atoms with E-state index < -0.39 is 17.5 Å². The van der Waals surface area contributed by atoms with Crippen LogP contribution in [-0.4, -0.2) is 16.2 Å². The van der Waals surface area contributed by atoms with Crippen molar-refractivity contribution in [2.45, 2.75) is 0 Å². The predicted octanol–water partition coefficient (Wildman–Crippen LogP) is 4.29. The molecule has 2 rings (SSSR count). The van der Waals surface area contributed by atoms with Crippen molar-refractivity contribution < 1.29 is 24.1 Å². The number of esters is 1. The molecule has 0 unspecified atom stereocenters. The number of aliphatic hydroxyl groups excluding tert-OH is 1. The van der Waals surface area contributed by atoms with Crippen molar-refractivity contribution in [1.82, 2.24) is 0 Å². The minimum Gasteiger partial charge on any atom is -0.509 e. The van der Waals surface area contributed by atoms with Crippen LogP contribution in [0.25, 0.3) is 11.1 Å². The van der Waals surface area contributed by atoms with Crippen LogP contribution in [0.15, 0.2) is 79.1 Å².